The topological polar surface area (TPSA) is 73.6 Å². The number of para-hydroxylation sites is 2. The van der Waals surface area contributed by atoms with Gasteiger partial charge in [-0.2, -0.15) is 11.3 Å². The molecule has 0 amide bonds. The molecule has 0 aliphatic heterocycles. The Morgan fingerprint density at radius 2 is 2.00 bits per heavy atom. The number of carbonyl (C=O) groups is 1. The zero-order valence-electron chi connectivity index (χ0n) is 18.0. The van der Waals surface area contributed by atoms with Gasteiger partial charge in [0.1, 0.15) is 17.9 Å². The number of esters is 1. The molecule has 4 rings (SSSR count). The number of aromatic nitrogens is 1. The predicted octanol–water partition coefficient (Wildman–Crippen LogP) is 4.95. The van der Waals surface area contributed by atoms with Crippen LogP contribution in [-0.2, 0) is 22.5 Å². The smallest absolute Gasteiger partial charge is 0.313 e. The van der Waals surface area contributed by atoms with E-state index >= 15 is 0 Å². The van der Waals surface area contributed by atoms with Gasteiger partial charge in [-0.3, -0.25) is 4.79 Å². The molecule has 2 aromatic heterocycles. The van der Waals surface area contributed by atoms with E-state index in [1.165, 1.54) is 0 Å². The molecule has 1 atom stereocenters. The summed E-state index contributed by atoms with van der Waals surface area (Å²) in [7, 11) is 0. The summed E-state index contributed by atoms with van der Waals surface area (Å²) in [6.07, 6.45) is 0.599. The lowest BCUT2D eigenvalue weighted by molar-refractivity contribution is -0.144. The van der Waals surface area contributed by atoms with Crippen molar-refractivity contribution in [2.45, 2.75) is 25.8 Å². The summed E-state index contributed by atoms with van der Waals surface area (Å²) >= 11 is 1.59. The van der Waals surface area contributed by atoms with Crippen LogP contribution in [0.4, 0.5) is 0 Å². The standard InChI is InChI=1S/C25H26N2O4S/c1-2-29-25(28)21(19-11-14-32-17-19)15-18-7-9-20(10-8-18)30-13-12-26-16-24-27-22-5-3-4-6-23(22)31-24/h3-11,14,17,21,26H,2,12-13,15-16H2,1H3. The Bertz CT molecular complexity index is 1090. The van der Waals surface area contributed by atoms with E-state index < -0.39 is 0 Å². The maximum atomic E-state index is 12.4. The normalized spacial score (nSPS) is 12.0. The van der Waals surface area contributed by atoms with Crippen LogP contribution in [-0.4, -0.2) is 30.7 Å². The van der Waals surface area contributed by atoms with Crippen LogP contribution >= 0.6 is 11.3 Å². The Morgan fingerprint density at radius 1 is 1.16 bits per heavy atom. The summed E-state index contributed by atoms with van der Waals surface area (Å²) in [5, 5.41) is 7.27. The van der Waals surface area contributed by atoms with E-state index in [0.29, 0.717) is 38.6 Å². The number of carbonyl (C=O) groups excluding carboxylic acids is 1. The molecule has 0 radical (unpaired) electrons. The van der Waals surface area contributed by atoms with E-state index in [2.05, 4.69) is 10.3 Å². The fraction of sp³-hybridized carbons (Fsp3) is 0.280. The second kappa shape index (κ2) is 10.9. The monoisotopic (exact) mass is 450 g/mol. The summed E-state index contributed by atoms with van der Waals surface area (Å²) in [5.74, 6) is 0.984. The molecule has 0 saturated carbocycles. The average molecular weight is 451 g/mol. The third-order valence-corrected chi connectivity index (χ3v) is 5.74. The molecule has 0 spiro atoms. The molecule has 0 aliphatic carbocycles. The Hall–Kier alpha value is -3.16. The molecule has 0 bridgehead atoms. The minimum atomic E-state index is -0.288. The number of benzene rings is 2. The third kappa shape index (κ3) is 5.75. The van der Waals surface area contributed by atoms with Crippen molar-refractivity contribution < 1.29 is 18.7 Å². The lowest BCUT2D eigenvalue weighted by Gasteiger charge is -2.15. The molecular weight excluding hydrogens is 424 g/mol. The van der Waals surface area contributed by atoms with Crippen LogP contribution in [0.2, 0.25) is 0 Å². The number of fused-ring (bicyclic) bond motifs is 1. The number of oxazole rings is 1. The molecule has 0 aliphatic rings. The van der Waals surface area contributed by atoms with Gasteiger partial charge in [-0.15, -0.1) is 0 Å². The van der Waals surface area contributed by atoms with Gasteiger partial charge in [0.05, 0.1) is 19.1 Å². The van der Waals surface area contributed by atoms with Crippen molar-refractivity contribution in [3.8, 4) is 5.75 Å². The van der Waals surface area contributed by atoms with Crippen molar-refractivity contribution in [2.24, 2.45) is 0 Å². The molecule has 1 N–H and O–H groups in total. The summed E-state index contributed by atoms with van der Waals surface area (Å²) < 4.78 is 16.8. The Balaban J connectivity index is 1.23. The van der Waals surface area contributed by atoms with Crippen LogP contribution in [0, 0.1) is 0 Å². The van der Waals surface area contributed by atoms with Crippen molar-refractivity contribution in [3.63, 3.8) is 0 Å². The maximum Gasteiger partial charge on any atom is 0.313 e. The van der Waals surface area contributed by atoms with Crippen molar-refractivity contribution in [2.75, 3.05) is 19.8 Å². The molecule has 1 unspecified atom stereocenters. The highest BCUT2D eigenvalue weighted by atomic mass is 32.1. The van der Waals surface area contributed by atoms with Crippen LogP contribution < -0.4 is 10.1 Å². The zero-order valence-corrected chi connectivity index (χ0v) is 18.8. The van der Waals surface area contributed by atoms with Crippen LogP contribution in [0.5, 0.6) is 5.75 Å². The third-order valence-electron chi connectivity index (χ3n) is 5.04. The van der Waals surface area contributed by atoms with Gasteiger partial charge in [-0.05, 0) is 65.6 Å². The van der Waals surface area contributed by atoms with Crippen LogP contribution in [0.15, 0.2) is 69.8 Å². The SMILES string of the molecule is CCOC(=O)C(Cc1ccc(OCCNCc2nc3ccccc3o2)cc1)c1ccsc1. The summed E-state index contributed by atoms with van der Waals surface area (Å²) in [4.78, 5) is 16.9. The Kier molecular flexibility index (Phi) is 7.53. The lowest BCUT2D eigenvalue weighted by Crippen LogP contribution is -2.20. The fourth-order valence-corrected chi connectivity index (χ4v) is 4.16. The maximum absolute atomic E-state index is 12.4. The first-order valence-electron chi connectivity index (χ1n) is 10.7. The molecular formula is C25H26N2O4S. The Morgan fingerprint density at radius 3 is 2.75 bits per heavy atom. The van der Waals surface area contributed by atoms with Crippen LogP contribution in [0.1, 0.15) is 29.9 Å². The number of thiophene rings is 1. The second-order valence-electron chi connectivity index (χ2n) is 7.31. The zero-order chi connectivity index (χ0) is 22.2. The quantitative estimate of drug-likeness (QED) is 0.258. The molecule has 166 valence electrons. The molecule has 6 nitrogen and oxygen atoms in total. The first-order chi connectivity index (χ1) is 15.7. The van der Waals surface area contributed by atoms with E-state index in [-0.39, 0.29) is 11.9 Å². The minimum Gasteiger partial charge on any atom is -0.492 e. The van der Waals surface area contributed by atoms with Gasteiger partial charge < -0.3 is 19.2 Å². The first-order valence-corrected chi connectivity index (χ1v) is 11.6. The fourth-order valence-electron chi connectivity index (χ4n) is 3.44. The van der Waals surface area contributed by atoms with E-state index in [9.17, 15) is 4.79 Å². The van der Waals surface area contributed by atoms with Crippen molar-refractivity contribution >= 4 is 28.4 Å². The van der Waals surface area contributed by atoms with Gasteiger partial charge in [0.15, 0.2) is 5.58 Å². The van der Waals surface area contributed by atoms with Gasteiger partial charge in [-0.25, -0.2) is 4.98 Å². The highest BCUT2D eigenvalue weighted by molar-refractivity contribution is 7.08. The molecule has 2 aromatic carbocycles. The molecule has 32 heavy (non-hydrogen) atoms. The van der Waals surface area contributed by atoms with Gasteiger partial charge in [-0.1, -0.05) is 24.3 Å². The highest BCUT2D eigenvalue weighted by Crippen LogP contribution is 2.25. The largest absolute Gasteiger partial charge is 0.492 e. The first kappa shape index (κ1) is 22.0. The summed E-state index contributed by atoms with van der Waals surface area (Å²) in [6.45, 7) is 3.96. The van der Waals surface area contributed by atoms with Gasteiger partial charge >= 0.3 is 5.97 Å². The number of nitrogens with zero attached hydrogens (tertiary/aromatic N) is 1. The number of rotatable bonds is 11. The highest BCUT2D eigenvalue weighted by Gasteiger charge is 2.22. The molecule has 7 heteroatoms. The van der Waals surface area contributed by atoms with E-state index in [4.69, 9.17) is 13.9 Å². The van der Waals surface area contributed by atoms with Crippen LogP contribution in [0.25, 0.3) is 11.1 Å². The van der Waals surface area contributed by atoms with Crippen LogP contribution in [0.3, 0.4) is 0 Å². The average Bonchev–Trinajstić information content (AvgIpc) is 3.48. The van der Waals surface area contributed by atoms with Gasteiger partial charge in [0, 0.05) is 6.54 Å². The molecule has 4 aromatic rings. The predicted molar refractivity (Wildman–Crippen MR) is 125 cm³/mol. The number of ether oxygens (including phenoxy) is 2. The molecule has 2 heterocycles. The summed E-state index contributed by atoms with van der Waals surface area (Å²) in [5.41, 5.74) is 3.73. The summed E-state index contributed by atoms with van der Waals surface area (Å²) in [6, 6.07) is 17.6. The van der Waals surface area contributed by atoms with Crippen molar-refractivity contribution in [3.05, 3.63) is 82.4 Å². The minimum absolute atomic E-state index is 0.184. The number of nitrogens with one attached hydrogen (secondary N) is 1. The van der Waals surface area contributed by atoms with E-state index in [1.54, 1.807) is 11.3 Å². The molecule has 0 saturated heterocycles. The number of hydrogen-bond donors (Lipinski definition) is 1. The molecule has 0 fully saturated rings. The van der Waals surface area contributed by atoms with Crippen molar-refractivity contribution in [1.29, 1.82) is 0 Å². The van der Waals surface area contributed by atoms with Gasteiger partial charge in [0.25, 0.3) is 0 Å². The van der Waals surface area contributed by atoms with E-state index in [0.717, 1.165) is 28.0 Å². The Labute approximate surface area is 191 Å². The number of hydrogen-bond acceptors (Lipinski definition) is 7. The second-order valence-corrected chi connectivity index (χ2v) is 8.09. The lowest BCUT2D eigenvalue weighted by atomic mass is 9.94. The van der Waals surface area contributed by atoms with E-state index in [1.807, 2.05) is 72.3 Å². The van der Waals surface area contributed by atoms with Gasteiger partial charge in [0.2, 0.25) is 5.89 Å². The van der Waals surface area contributed by atoms with Crippen molar-refractivity contribution in [1.82, 2.24) is 10.3 Å².